The molecule has 0 fully saturated rings. The van der Waals surface area contributed by atoms with E-state index in [4.69, 9.17) is 4.52 Å². The number of benzene rings is 1. The highest BCUT2D eigenvalue weighted by Crippen LogP contribution is 2.20. The van der Waals surface area contributed by atoms with Crippen LogP contribution in [0.4, 0.5) is 5.69 Å². The molecule has 1 amide bonds. The molecule has 5 heteroatoms. The molecule has 0 radical (unpaired) electrons. The Hall–Kier alpha value is -1.62. The molecule has 1 aromatic carbocycles. The Morgan fingerprint density at radius 3 is 2.76 bits per heavy atom. The number of amides is 1. The van der Waals surface area contributed by atoms with Gasteiger partial charge < -0.3 is 9.84 Å². The molecular formula is C12H11BrN2O2. The second-order valence-electron chi connectivity index (χ2n) is 3.71. The number of hydrogen-bond acceptors (Lipinski definition) is 3. The molecular weight excluding hydrogens is 284 g/mol. The minimum Gasteiger partial charge on any atom is -0.361 e. The lowest BCUT2D eigenvalue weighted by Gasteiger charge is -2.05. The van der Waals surface area contributed by atoms with E-state index in [-0.39, 0.29) is 5.91 Å². The molecule has 0 spiro atoms. The van der Waals surface area contributed by atoms with E-state index in [0.29, 0.717) is 11.3 Å². The predicted octanol–water partition coefficient (Wildman–Crippen LogP) is 3.31. The molecule has 17 heavy (non-hydrogen) atoms. The largest absolute Gasteiger partial charge is 0.361 e. The molecule has 0 atom stereocenters. The second-order valence-corrected chi connectivity index (χ2v) is 4.57. The van der Waals surface area contributed by atoms with Gasteiger partial charge in [-0.1, -0.05) is 21.1 Å². The van der Waals surface area contributed by atoms with Crippen molar-refractivity contribution >= 4 is 27.5 Å². The average molecular weight is 295 g/mol. The SMILES string of the molecule is Cc1cc(NC(=O)c2cnoc2C)ccc1Br. The van der Waals surface area contributed by atoms with E-state index in [0.717, 1.165) is 15.7 Å². The number of anilines is 1. The lowest BCUT2D eigenvalue weighted by atomic mass is 10.2. The fraction of sp³-hybridized carbons (Fsp3) is 0.167. The van der Waals surface area contributed by atoms with Crippen molar-refractivity contribution in [1.82, 2.24) is 5.16 Å². The van der Waals surface area contributed by atoms with Crippen molar-refractivity contribution < 1.29 is 9.32 Å². The van der Waals surface area contributed by atoms with Gasteiger partial charge in [0.2, 0.25) is 0 Å². The molecule has 0 saturated carbocycles. The van der Waals surface area contributed by atoms with Crippen molar-refractivity contribution in [2.45, 2.75) is 13.8 Å². The van der Waals surface area contributed by atoms with Gasteiger partial charge in [0.25, 0.3) is 5.91 Å². The Morgan fingerprint density at radius 1 is 1.41 bits per heavy atom. The average Bonchev–Trinajstić information content (AvgIpc) is 2.70. The van der Waals surface area contributed by atoms with Crippen molar-refractivity contribution in [2.24, 2.45) is 0 Å². The number of rotatable bonds is 2. The zero-order valence-electron chi connectivity index (χ0n) is 9.45. The van der Waals surface area contributed by atoms with Crippen LogP contribution in [0.1, 0.15) is 21.7 Å². The summed E-state index contributed by atoms with van der Waals surface area (Å²) >= 11 is 3.41. The molecule has 0 aliphatic heterocycles. The first-order valence-electron chi connectivity index (χ1n) is 5.06. The van der Waals surface area contributed by atoms with Crippen molar-refractivity contribution in [3.63, 3.8) is 0 Å². The normalized spacial score (nSPS) is 10.3. The summed E-state index contributed by atoms with van der Waals surface area (Å²) in [5, 5.41) is 6.37. The maximum Gasteiger partial charge on any atom is 0.260 e. The molecule has 4 nitrogen and oxygen atoms in total. The molecule has 2 aromatic rings. The first-order chi connectivity index (χ1) is 8.08. The number of nitrogens with zero attached hydrogens (tertiary/aromatic N) is 1. The number of nitrogens with one attached hydrogen (secondary N) is 1. The van der Waals surface area contributed by atoms with Gasteiger partial charge >= 0.3 is 0 Å². The molecule has 0 saturated heterocycles. The summed E-state index contributed by atoms with van der Waals surface area (Å²) in [6.07, 6.45) is 1.41. The van der Waals surface area contributed by atoms with Crippen LogP contribution in [0.15, 0.2) is 33.4 Å². The topological polar surface area (TPSA) is 55.1 Å². The minimum absolute atomic E-state index is 0.217. The van der Waals surface area contributed by atoms with Crippen molar-refractivity contribution in [3.05, 3.63) is 45.8 Å². The summed E-state index contributed by atoms with van der Waals surface area (Å²) in [6, 6.07) is 5.62. The smallest absolute Gasteiger partial charge is 0.260 e. The predicted molar refractivity (Wildman–Crippen MR) is 68.1 cm³/mol. The Kier molecular flexibility index (Phi) is 3.28. The third kappa shape index (κ3) is 2.55. The van der Waals surface area contributed by atoms with Crippen LogP contribution in [0, 0.1) is 13.8 Å². The van der Waals surface area contributed by atoms with Crippen LogP contribution in [-0.4, -0.2) is 11.1 Å². The fourth-order valence-corrected chi connectivity index (χ4v) is 1.68. The van der Waals surface area contributed by atoms with Gasteiger partial charge in [-0.05, 0) is 37.6 Å². The van der Waals surface area contributed by atoms with E-state index < -0.39 is 0 Å². The molecule has 0 bridgehead atoms. The van der Waals surface area contributed by atoms with Crippen LogP contribution in [0.3, 0.4) is 0 Å². The van der Waals surface area contributed by atoms with Crippen LogP contribution in [0.25, 0.3) is 0 Å². The monoisotopic (exact) mass is 294 g/mol. The Labute approximate surface area is 107 Å². The summed E-state index contributed by atoms with van der Waals surface area (Å²) in [5.74, 6) is 0.293. The van der Waals surface area contributed by atoms with E-state index >= 15 is 0 Å². The van der Waals surface area contributed by atoms with E-state index in [2.05, 4.69) is 26.4 Å². The van der Waals surface area contributed by atoms with Gasteiger partial charge in [0.1, 0.15) is 11.3 Å². The van der Waals surface area contributed by atoms with Crippen LogP contribution < -0.4 is 5.32 Å². The highest BCUT2D eigenvalue weighted by atomic mass is 79.9. The quantitative estimate of drug-likeness (QED) is 0.924. The van der Waals surface area contributed by atoms with Crippen LogP contribution in [0.2, 0.25) is 0 Å². The van der Waals surface area contributed by atoms with Gasteiger partial charge in [-0.25, -0.2) is 0 Å². The van der Waals surface area contributed by atoms with Gasteiger partial charge in [0.15, 0.2) is 0 Å². The van der Waals surface area contributed by atoms with Gasteiger partial charge in [0, 0.05) is 10.2 Å². The lowest BCUT2D eigenvalue weighted by Crippen LogP contribution is -2.12. The molecule has 1 N–H and O–H groups in total. The third-order valence-electron chi connectivity index (χ3n) is 2.41. The number of halogens is 1. The summed E-state index contributed by atoms with van der Waals surface area (Å²) in [6.45, 7) is 3.67. The first-order valence-corrected chi connectivity index (χ1v) is 5.86. The van der Waals surface area contributed by atoms with Crippen molar-refractivity contribution in [1.29, 1.82) is 0 Å². The minimum atomic E-state index is -0.217. The number of carbonyl (C=O) groups is 1. The Morgan fingerprint density at radius 2 is 2.18 bits per heavy atom. The molecule has 2 rings (SSSR count). The van der Waals surface area contributed by atoms with E-state index in [1.54, 1.807) is 6.92 Å². The van der Waals surface area contributed by atoms with Crippen molar-refractivity contribution in [3.8, 4) is 0 Å². The highest BCUT2D eigenvalue weighted by Gasteiger charge is 2.12. The molecule has 1 heterocycles. The Bertz CT molecular complexity index is 563. The van der Waals surface area contributed by atoms with Gasteiger partial charge in [-0.15, -0.1) is 0 Å². The summed E-state index contributed by atoms with van der Waals surface area (Å²) in [7, 11) is 0. The van der Waals surface area contributed by atoms with Crippen molar-refractivity contribution in [2.75, 3.05) is 5.32 Å². The fourth-order valence-electron chi connectivity index (χ4n) is 1.44. The summed E-state index contributed by atoms with van der Waals surface area (Å²) in [5.41, 5.74) is 2.26. The number of aryl methyl sites for hydroxylation is 2. The second kappa shape index (κ2) is 4.71. The van der Waals surface area contributed by atoms with E-state index in [9.17, 15) is 4.79 Å². The molecule has 88 valence electrons. The highest BCUT2D eigenvalue weighted by molar-refractivity contribution is 9.10. The third-order valence-corrected chi connectivity index (χ3v) is 3.30. The maximum absolute atomic E-state index is 11.9. The van der Waals surface area contributed by atoms with E-state index in [1.807, 2.05) is 25.1 Å². The van der Waals surface area contributed by atoms with Crippen LogP contribution >= 0.6 is 15.9 Å². The molecule has 0 aliphatic rings. The number of hydrogen-bond donors (Lipinski definition) is 1. The van der Waals surface area contributed by atoms with Crippen LogP contribution in [0.5, 0.6) is 0 Å². The zero-order chi connectivity index (χ0) is 12.4. The molecule has 0 aliphatic carbocycles. The Balaban J connectivity index is 2.19. The molecule has 1 aromatic heterocycles. The van der Waals surface area contributed by atoms with Crippen LogP contribution in [-0.2, 0) is 0 Å². The maximum atomic E-state index is 11.9. The summed E-state index contributed by atoms with van der Waals surface area (Å²) in [4.78, 5) is 11.9. The van der Waals surface area contributed by atoms with Gasteiger partial charge in [-0.2, -0.15) is 0 Å². The lowest BCUT2D eigenvalue weighted by molar-refractivity contribution is 0.102. The van der Waals surface area contributed by atoms with Gasteiger partial charge in [-0.3, -0.25) is 4.79 Å². The number of carbonyl (C=O) groups excluding carboxylic acids is 1. The standard InChI is InChI=1S/C12H11BrN2O2/c1-7-5-9(3-4-11(7)13)15-12(16)10-6-14-17-8(10)2/h3-6H,1-2H3,(H,15,16). The van der Waals surface area contributed by atoms with Gasteiger partial charge in [0.05, 0.1) is 6.20 Å². The van der Waals surface area contributed by atoms with E-state index in [1.165, 1.54) is 6.20 Å². The zero-order valence-corrected chi connectivity index (χ0v) is 11.0. The molecule has 0 unspecified atom stereocenters. The summed E-state index contributed by atoms with van der Waals surface area (Å²) < 4.78 is 5.86. The first kappa shape index (κ1) is 11.9. The number of aromatic nitrogens is 1.